The van der Waals surface area contributed by atoms with Gasteiger partial charge in [0, 0.05) is 12.2 Å². The third kappa shape index (κ3) is 3.10. The van der Waals surface area contributed by atoms with Gasteiger partial charge in [-0.1, -0.05) is 24.3 Å². The number of H-pyrrole nitrogens is 1. The van der Waals surface area contributed by atoms with Gasteiger partial charge in [-0.3, -0.25) is 0 Å². The molecule has 2 aromatic carbocycles. The van der Waals surface area contributed by atoms with Gasteiger partial charge in [0.1, 0.15) is 0 Å². The molecule has 0 radical (unpaired) electrons. The minimum Gasteiger partial charge on any atom is -0.381 e. The topological polar surface area (TPSA) is 64.5 Å². The third-order valence-electron chi connectivity index (χ3n) is 3.25. The van der Waals surface area contributed by atoms with Gasteiger partial charge in [-0.2, -0.15) is 5.26 Å². The number of aromatic nitrogens is 2. The molecule has 4 heteroatoms. The van der Waals surface area contributed by atoms with E-state index in [1.165, 1.54) is 0 Å². The number of nitriles is 1. The molecule has 0 unspecified atom stereocenters. The molecule has 0 aliphatic rings. The number of nitrogens with zero attached hydrogens (tertiary/aromatic N) is 2. The van der Waals surface area contributed by atoms with Crippen LogP contribution in [0.4, 0.5) is 5.69 Å². The number of nitrogens with one attached hydrogen (secondary N) is 2. The van der Waals surface area contributed by atoms with Crippen molar-refractivity contribution in [2.75, 3.05) is 5.32 Å². The van der Waals surface area contributed by atoms with E-state index < -0.39 is 0 Å². The molecule has 4 nitrogen and oxygen atoms in total. The monoisotopic (exact) mass is 274 g/mol. The molecule has 0 aliphatic carbocycles. The molecular weight excluding hydrogens is 260 g/mol. The third-order valence-corrected chi connectivity index (χ3v) is 3.25. The summed E-state index contributed by atoms with van der Waals surface area (Å²) in [5.41, 5.74) is 4.92. The van der Waals surface area contributed by atoms with Gasteiger partial charge in [0.15, 0.2) is 0 Å². The molecule has 2 N–H and O–H groups in total. The molecule has 3 rings (SSSR count). The Bertz CT molecular complexity index is 752. The molecule has 0 spiro atoms. The first kappa shape index (κ1) is 12.9. The summed E-state index contributed by atoms with van der Waals surface area (Å²) in [6, 6.07) is 17.9. The SMILES string of the molecule is N#Cc1cccc(CNc2ccc(-c3cnc[nH]3)cc2)c1. The highest BCUT2D eigenvalue weighted by Crippen LogP contribution is 2.19. The number of hydrogen-bond donors (Lipinski definition) is 2. The van der Waals surface area contributed by atoms with Crippen molar-refractivity contribution in [3.05, 3.63) is 72.2 Å². The Labute approximate surface area is 123 Å². The van der Waals surface area contributed by atoms with Gasteiger partial charge in [-0.15, -0.1) is 0 Å². The number of aromatic amines is 1. The van der Waals surface area contributed by atoms with Crippen LogP contribution in [0.25, 0.3) is 11.3 Å². The minimum absolute atomic E-state index is 0.684. The Hall–Kier alpha value is -3.06. The lowest BCUT2D eigenvalue weighted by Gasteiger charge is -2.07. The lowest BCUT2D eigenvalue weighted by Crippen LogP contribution is -1.99. The highest BCUT2D eigenvalue weighted by Gasteiger charge is 1.99. The number of anilines is 1. The smallest absolute Gasteiger partial charge is 0.0991 e. The van der Waals surface area contributed by atoms with Crippen LogP contribution in [0.15, 0.2) is 61.1 Å². The Morgan fingerprint density at radius 1 is 1.14 bits per heavy atom. The van der Waals surface area contributed by atoms with Gasteiger partial charge in [-0.25, -0.2) is 4.98 Å². The fourth-order valence-electron chi connectivity index (χ4n) is 2.14. The summed E-state index contributed by atoms with van der Waals surface area (Å²) in [7, 11) is 0. The average Bonchev–Trinajstić information content (AvgIpc) is 3.08. The second-order valence-corrected chi connectivity index (χ2v) is 4.71. The molecule has 0 aliphatic heterocycles. The van der Waals surface area contributed by atoms with E-state index >= 15 is 0 Å². The van der Waals surface area contributed by atoms with Crippen molar-refractivity contribution in [2.24, 2.45) is 0 Å². The van der Waals surface area contributed by atoms with E-state index in [4.69, 9.17) is 5.26 Å². The molecule has 0 saturated carbocycles. The van der Waals surface area contributed by atoms with Gasteiger partial charge in [-0.05, 0) is 35.4 Å². The zero-order chi connectivity index (χ0) is 14.5. The molecule has 0 atom stereocenters. The predicted molar refractivity (Wildman–Crippen MR) is 82.5 cm³/mol. The summed E-state index contributed by atoms with van der Waals surface area (Å²) in [6.45, 7) is 0.693. The van der Waals surface area contributed by atoms with Crippen LogP contribution in [0, 0.1) is 11.3 Å². The zero-order valence-electron chi connectivity index (χ0n) is 11.4. The van der Waals surface area contributed by atoms with Crippen molar-refractivity contribution in [2.45, 2.75) is 6.54 Å². The molecule has 0 saturated heterocycles. The van der Waals surface area contributed by atoms with Crippen molar-refractivity contribution < 1.29 is 0 Å². The van der Waals surface area contributed by atoms with E-state index in [0.717, 1.165) is 22.5 Å². The molecule has 21 heavy (non-hydrogen) atoms. The Morgan fingerprint density at radius 3 is 2.71 bits per heavy atom. The summed E-state index contributed by atoms with van der Waals surface area (Å²) < 4.78 is 0. The largest absolute Gasteiger partial charge is 0.381 e. The lowest BCUT2D eigenvalue weighted by molar-refractivity contribution is 1.15. The number of benzene rings is 2. The average molecular weight is 274 g/mol. The van der Waals surface area contributed by atoms with Gasteiger partial charge in [0.2, 0.25) is 0 Å². The maximum absolute atomic E-state index is 8.89. The molecule has 3 aromatic rings. The summed E-state index contributed by atoms with van der Waals surface area (Å²) in [5, 5.41) is 12.2. The first-order valence-corrected chi connectivity index (χ1v) is 6.67. The highest BCUT2D eigenvalue weighted by atomic mass is 14.9. The zero-order valence-corrected chi connectivity index (χ0v) is 11.4. The second-order valence-electron chi connectivity index (χ2n) is 4.71. The fourth-order valence-corrected chi connectivity index (χ4v) is 2.14. The molecule has 1 aromatic heterocycles. The van der Waals surface area contributed by atoms with Crippen LogP contribution in [-0.4, -0.2) is 9.97 Å². The summed E-state index contributed by atoms with van der Waals surface area (Å²) >= 11 is 0. The van der Waals surface area contributed by atoms with Gasteiger partial charge in [0.05, 0.1) is 29.9 Å². The molecule has 1 heterocycles. The van der Waals surface area contributed by atoms with Crippen LogP contribution in [0.2, 0.25) is 0 Å². The standard InChI is InChI=1S/C17H14N4/c18-9-13-2-1-3-14(8-13)10-20-16-6-4-15(5-7-16)17-11-19-12-21-17/h1-8,11-12,20H,10H2,(H,19,21). The summed E-state index contributed by atoms with van der Waals surface area (Å²) in [4.78, 5) is 7.10. The molecule has 102 valence electrons. The van der Waals surface area contributed by atoms with Gasteiger partial charge < -0.3 is 10.3 Å². The van der Waals surface area contributed by atoms with Gasteiger partial charge >= 0.3 is 0 Å². The highest BCUT2D eigenvalue weighted by molar-refractivity contribution is 5.61. The van der Waals surface area contributed by atoms with E-state index in [9.17, 15) is 0 Å². The van der Waals surface area contributed by atoms with Crippen LogP contribution < -0.4 is 5.32 Å². The second kappa shape index (κ2) is 5.93. The number of rotatable bonds is 4. The molecule has 0 bridgehead atoms. The van der Waals surface area contributed by atoms with E-state index in [0.29, 0.717) is 12.1 Å². The predicted octanol–water partition coefficient (Wildman–Crippen LogP) is 3.56. The van der Waals surface area contributed by atoms with Crippen LogP contribution in [-0.2, 0) is 6.54 Å². The van der Waals surface area contributed by atoms with Crippen molar-refractivity contribution in [3.8, 4) is 17.3 Å². The van der Waals surface area contributed by atoms with Crippen molar-refractivity contribution in [1.29, 1.82) is 5.26 Å². The number of imidazole rings is 1. The summed E-state index contributed by atoms with van der Waals surface area (Å²) in [6.07, 6.45) is 3.47. The summed E-state index contributed by atoms with van der Waals surface area (Å²) in [5.74, 6) is 0. The van der Waals surface area contributed by atoms with Crippen molar-refractivity contribution >= 4 is 5.69 Å². The van der Waals surface area contributed by atoms with Crippen LogP contribution in [0.1, 0.15) is 11.1 Å². The van der Waals surface area contributed by atoms with E-state index in [1.807, 2.05) is 48.5 Å². The normalized spacial score (nSPS) is 10.0. The maximum Gasteiger partial charge on any atom is 0.0991 e. The first-order chi connectivity index (χ1) is 10.3. The Morgan fingerprint density at radius 2 is 2.00 bits per heavy atom. The maximum atomic E-state index is 8.89. The van der Waals surface area contributed by atoms with E-state index in [1.54, 1.807) is 12.5 Å². The molecular formula is C17H14N4. The van der Waals surface area contributed by atoms with Crippen LogP contribution >= 0.6 is 0 Å². The Kier molecular flexibility index (Phi) is 3.66. The molecule has 0 fully saturated rings. The Balaban J connectivity index is 1.67. The van der Waals surface area contributed by atoms with E-state index in [2.05, 4.69) is 21.4 Å². The van der Waals surface area contributed by atoms with Crippen molar-refractivity contribution in [1.82, 2.24) is 9.97 Å². The van der Waals surface area contributed by atoms with Crippen LogP contribution in [0.3, 0.4) is 0 Å². The fraction of sp³-hybridized carbons (Fsp3) is 0.0588. The molecule has 0 amide bonds. The lowest BCUT2D eigenvalue weighted by atomic mass is 10.1. The van der Waals surface area contributed by atoms with Crippen LogP contribution in [0.5, 0.6) is 0 Å². The number of hydrogen-bond acceptors (Lipinski definition) is 3. The van der Waals surface area contributed by atoms with E-state index in [-0.39, 0.29) is 0 Å². The quantitative estimate of drug-likeness (QED) is 0.764. The first-order valence-electron chi connectivity index (χ1n) is 6.67. The van der Waals surface area contributed by atoms with Crippen molar-refractivity contribution in [3.63, 3.8) is 0 Å². The van der Waals surface area contributed by atoms with Gasteiger partial charge in [0.25, 0.3) is 0 Å². The minimum atomic E-state index is 0.684.